The molecule has 0 spiro atoms. The molecule has 30 heavy (non-hydrogen) atoms. The molecule has 3 aromatic rings. The second-order valence-corrected chi connectivity index (χ2v) is 6.60. The minimum absolute atomic E-state index is 0.0393. The number of pyridine rings is 1. The predicted molar refractivity (Wildman–Crippen MR) is 114 cm³/mol. The minimum Gasteiger partial charge on any atom is -0.462 e. The molecular formula is C23H18ClFN2O3. The Morgan fingerprint density at radius 3 is 2.47 bits per heavy atom. The van der Waals surface area contributed by atoms with E-state index in [4.69, 9.17) is 16.3 Å². The molecule has 0 aliphatic rings. The van der Waals surface area contributed by atoms with Crippen molar-refractivity contribution < 1.29 is 18.7 Å². The van der Waals surface area contributed by atoms with E-state index in [9.17, 15) is 9.59 Å². The number of nitrogens with zero attached hydrogens (tertiary/aromatic N) is 1. The zero-order valence-corrected chi connectivity index (χ0v) is 16.9. The van der Waals surface area contributed by atoms with E-state index >= 15 is 4.39 Å². The number of aromatic nitrogens is 1. The standard InChI is InChI=1S/C23H18ClFN2O3/c1-3-30-23(29)14(2)22(28)17-13-18(25)19(15-9-11-26-12-10-15)21(20(17)24)27-16-7-5-4-6-8-16/h4-13,27H,2-3H2,1H3. The molecule has 1 N–H and O–H groups in total. The van der Waals surface area contributed by atoms with Crippen LogP contribution in [0.25, 0.3) is 11.1 Å². The van der Waals surface area contributed by atoms with Gasteiger partial charge in [0.15, 0.2) is 0 Å². The third kappa shape index (κ3) is 4.39. The van der Waals surface area contributed by atoms with Crippen molar-refractivity contribution in [1.82, 2.24) is 4.98 Å². The first-order chi connectivity index (χ1) is 14.4. The van der Waals surface area contributed by atoms with Crippen LogP contribution in [0.1, 0.15) is 17.3 Å². The molecule has 0 unspecified atom stereocenters. The molecule has 0 atom stereocenters. The molecule has 0 radical (unpaired) electrons. The normalized spacial score (nSPS) is 10.4. The number of hydrogen-bond donors (Lipinski definition) is 1. The van der Waals surface area contributed by atoms with Crippen LogP contribution in [-0.4, -0.2) is 23.3 Å². The van der Waals surface area contributed by atoms with Gasteiger partial charge in [-0.15, -0.1) is 0 Å². The number of benzene rings is 2. The number of ketones is 1. The SMILES string of the molecule is C=C(C(=O)OCC)C(=O)c1cc(F)c(-c2ccncc2)c(Nc2ccccc2)c1Cl. The lowest BCUT2D eigenvalue weighted by Crippen LogP contribution is -2.16. The first-order valence-electron chi connectivity index (χ1n) is 9.09. The van der Waals surface area contributed by atoms with Crippen molar-refractivity contribution in [3.8, 4) is 11.1 Å². The van der Waals surface area contributed by atoms with Crippen LogP contribution in [0.15, 0.2) is 73.1 Å². The van der Waals surface area contributed by atoms with Gasteiger partial charge in [0.1, 0.15) is 11.4 Å². The maximum atomic E-state index is 15.2. The molecule has 0 saturated heterocycles. The van der Waals surface area contributed by atoms with Gasteiger partial charge in [-0.05, 0) is 42.8 Å². The second-order valence-electron chi connectivity index (χ2n) is 6.22. The molecule has 3 rings (SSSR count). The van der Waals surface area contributed by atoms with Gasteiger partial charge < -0.3 is 10.1 Å². The summed E-state index contributed by atoms with van der Waals surface area (Å²) in [6.45, 7) is 5.16. The number of Topliss-reactive ketones (excluding diaryl/α,β-unsaturated/α-hetero) is 1. The Labute approximate surface area is 178 Å². The zero-order valence-electron chi connectivity index (χ0n) is 16.1. The Kier molecular flexibility index (Phi) is 6.59. The summed E-state index contributed by atoms with van der Waals surface area (Å²) in [7, 11) is 0. The van der Waals surface area contributed by atoms with Crippen LogP contribution >= 0.6 is 11.6 Å². The van der Waals surface area contributed by atoms with Gasteiger partial charge in [0.05, 0.1) is 17.3 Å². The van der Waals surface area contributed by atoms with Crippen molar-refractivity contribution in [1.29, 1.82) is 0 Å². The van der Waals surface area contributed by atoms with Crippen LogP contribution in [0.5, 0.6) is 0 Å². The summed E-state index contributed by atoms with van der Waals surface area (Å²) in [5, 5.41) is 3.04. The molecule has 0 amide bonds. The molecule has 7 heteroatoms. The van der Waals surface area contributed by atoms with Crippen LogP contribution in [0.2, 0.25) is 5.02 Å². The Morgan fingerprint density at radius 1 is 1.17 bits per heavy atom. The van der Waals surface area contributed by atoms with Crippen molar-refractivity contribution >= 4 is 34.7 Å². The van der Waals surface area contributed by atoms with Crippen molar-refractivity contribution in [2.45, 2.75) is 6.92 Å². The number of para-hydroxylation sites is 1. The molecule has 0 bridgehead atoms. The highest BCUT2D eigenvalue weighted by Gasteiger charge is 2.26. The van der Waals surface area contributed by atoms with E-state index in [0.29, 0.717) is 11.3 Å². The van der Waals surface area contributed by atoms with Crippen LogP contribution in [0.4, 0.5) is 15.8 Å². The van der Waals surface area contributed by atoms with E-state index in [1.807, 2.05) is 6.07 Å². The van der Waals surface area contributed by atoms with Crippen LogP contribution in [0, 0.1) is 5.82 Å². The van der Waals surface area contributed by atoms with E-state index < -0.39 is 23.1 Å². The summed E-state index contributed by atoms with van der Waals surface area (Å²) in [5.41, 5.74) is 0.900. The van der Waals surface area contributed by atoms with Gasteiger partial charge in [-0.25, -0.2) is 9.18 Å². The number of hydrogen-bond acceptors (Lipinski definition) is 5. The lowest BCUT2D eigenvalue weighted by Gasteiger charge is -2.18. The molecule has 1 heterocycles. The lowest BCUT2D eigenvalue weighted by molar-refractivity contribution is -0.138. The first-order valence-corrected chi connectivity index (χ1v) is 9.47. The Bertz CT molecular complexity index is 1100. The summed E-state index contributed by atoms with van der Waals surface area (Å²) in [4.78, 5) is 28.7. The fourth-order valence-electron chi connectivity index (χ4n) is 2.85. The van der Waals surface area contributed by atoms with E-state index in [2.05, 4.69) is 16.9 Å². The number of anilines is 2. The summed E-state index contributed by atoms with van der Waals surface area (Å²) in [6.07, 6.45) is 3.05. The second kappa shape index (κ2) is 9.33. The predicted octanol–water partition coefficient (Wildman–Crippen LogP) is 5.59. The summed E-state index contributed by atoms with van der Waals surface area (Å²) < 4.78 is 20.1. The summed E-state index contributed by atoms with van der Waals surface area (Å²) >= 11 is 6.55. The fourth-order valence-corrected chi connectivity index (χ4v) is 3.13. The highest BCUT2D eigenvalue weighted by atomic mass is 35.5. The monoisotopic (exact) mass is 424 g/mol. The van der Waals surface area contributed by atoms with Crippen LogP contribution in [-0.2, 0) is 9.53 Å². The van der Waals surface area contributed by atoms with Crippen molar-refractivity contribution in [3.63, 3.8) is 0 Å². The number of carbonyl (C=O) groups is 2. The Balaban J connectivity index is 2.16. The summed E-state index contributed by atoms with van der Waals surface area (Å²) in [5.74, 6) is -2.38. The van der Waals surface area contributed by atoms with Crippen molar-refractivity contribution in [2.75, 3.05) is 11.9 Å². The smallest absolute Gasteiger partial charge is 0.341 e. The van der Waals surface area contributed by atoms with E-state index in [-0.39, 0.29) is 28.4 Å². The zero-order chi connectivity index (χ0) is 21.7. The van der Waals surface area contributed by atoms with E-state index in [1.54, 1.807) is 43.3 Å². The van der Waals surface area contributed by atoms with Gasteiger partial charge in [0.2, 0.25) is 5.78 Å². The van der Waals surface area contributed by atoms with Crippen molar-refractivity contribution in [2.24, 2.45) is 0 Å². The first kappa shape index (κ1) is 21.2. The molecule has 1 aromatic heterocycles. The van der Waals surface area contributed by atoms with Gasteiger partial charge in [0, 0.05) is 29.2 Å². The topological polar surface area (TPSA) is 68.3 Å². The lowest BCUT2D eigenvalue weighted by atomic mass is 9.97. The molecular weight excluding hydrogens is 407 g/mol. The number of nitrogens with one attached hydrogen (secondary N) is 1. The average Bonchev–Trinajstić information content (AvgIpc) is 2.76. The quantitative estimate of drug-likeness (QED) is 0.176. The summed E-state index contributed by atoms with van der Waals surface area (Å²) in [6, 6.07) is 13.2. The van der Waals surface area contributed by atoms with Crippen LogP contribution < -0.4 is 5.32 Å². The number of carbonyl (C=O) groups excluding carboxylic acids is 2. The maximum Gasteiger partial charge on any atom is 0.341 e. The molecule has 0 saturated carbocycles. The third-order valence-corrected chi connectivity index (χ3v) is 4.66. The van der Waals surface area contributed by atoms with Crippen molar-refractivity contribution in [3.05, 3.63) is 89.5 Å². The highest BCUT2D eigenvalue weighted by Crippen LogP contribution is 2.41. The molecule has 0 aliphatic heterocycles. The molecule has 0 aliphatic carbocycles. The largest absolute Gasteiger partial charge is 0.462 e. The van der Waals surface area contributed by atoms with E-state index in [0.717, 1.165) is 6.07 Å². The number of esters is 1. The molecule has 152 valence electrons. The Morgan fingerprint density at radius 2 is 1.83 bits per heavy atom. The maximum absolute atomic E-state index is 15.2. The third-order valence-electron chi connectivity index (χ3n) is 4.27. The number of rotatable bonds is 7. The van der Waals surface area contributed by atoms with Gasteiger partial charge in [-0.3, -0.25) is 9.78 Å². The van der Waals surface area contributed by atoms with Gasteiger partial charge >= 0.3 is 5.97 Å². The van der Waals surface area contributed by atoms with E-state index in [1.165, 1.54) is 12.4 Å². The highest BCUT2D eigenvalue weighted by molar-refractivity contribution is 6.39. The van der Waals surface area contributed by atoms with Crippen LogP contribution in [0.3, 0.4) is 0 Å². The Hall–Kier alpha value is -3.51. The minimum atomic E-state index is -0.880. The van der Waals surface area contributed by atoms with Gasteiger partial charge in [-0.2, -0.15) is 0 Å². The number of ether oxygens (including phenoxy) is 1. The molecule has 5 nitrogen and oxygen atoms in total. The molecule has 2 aromatic carbocycles. The fraction of sp³-hybridized carbons (Fsp3) is 0.0870. The van der Waals surface area contributed by atoms with Gasteiger partial charge in [0.25, 0.3) is 0 Å². The average molecular weight is 425 g/mol. The molecule has 0 fully saturated rings. The number of halogens is 2. The van der Waals surface area contributed by atoms with Gasteiger partial charge in [-0.1, -0.05) is 36.4 Å².